The molecule has 0 saturated carbocycles. The molecule has 0 fully saturated rings. The quantitative estimate of drug-likeness (QED) is 0.604. The van der Waals surface area contributed by atoms with E-state index in [1.807, 2.05) is 0 Å². The zero-order valence-corrected chi connectivity index (χ0v) is 14.1. The van der Waals surface area contributed by atoms with Crippen LogP contribution in [-0.4, -0.2) is 45.0 Å². The van der Waals surface area contributed by atoms with Crippen LogP contribution < -0.4 is 10.6 Å². The van der Waals surface area contributed by atoms with Gasteiger partial charge in [-0.25, -0.2) is 4.98 Å². The van der Waals surface area contributed by atoms with Gasteiger partial charge in [0.1, 0.15) is 11.6 Å². The largest absolute Gasteiger partial charge is 0.382 e. The van der Waals surface area contributed by atoms with Crippen LogP contribution in [0.1, 0.15) is 19.8 Å². The highest BCUT2D eigenvalue weighted by molar-refractivity contribution is 6.37. The topological polar surface area (TPSA) is 55.4 Å². The minimum atomic E-state index is 0.516. The van der Waals surface area contributed by atoms with Crippen LogP contribution in [0.2, 0.25) is 10.0 Å². The van der Waals surface area contributed by atoms with Crippen molar-refractivity contribution < 1.29 is 9.47 Å². The molecule has 5 nitrogen and oxygen atoms in total. The summed E-state index contributed by atoms with van der Waals surface area (Å²) in [5.74, 6) is 1.29. The van der Waals surface area contributed by atoms with E-state index in [9.17, 15) is 0 Å². The fourth-order valence-electron chi connectivity index (χ4n) is 1.58. The number of ether oxygens (including phenoxy) is 2. The molecule has 0 aliphatic rings. The maximum Gasteiger partial charge on any atom is 0.147 e. The average Bonchev–Trinajstić information content (AvgIpc) is 2.47. The maximum absolute atomic E-state index is 6.13. The molecule has 0 aromatic carbocycles. The van der Waals surface area contributed by atoms with E-state index in [0.717, 1.165) is 25.9 Å². The molecule has 0 atom stereocenters. The van der Waals surface area contributed by atoms with E-state index in [-0.39, 0.29) is 0 Å². The van der Waals surface area contributed by atoms with Crippen molar-refractivity contribution in [2.75, 3.05) is 50.7 Å². The third-order valence-corrected chi connectivity index (χ3v) is 3.24. The predicted octanol–water partition coefficient (Wildman–Crippen LogP) is 3.68. The first-order valence-corrected chi connectivity index (χ1v) is 7.85. The van der Waals surface area contributed by atoms with Gasteiger partial charge in [0, 0.05) is 26.8 Å². The second-order valence-electron chi connectivity index (χ2n) is 4.46. The van der Waals surface area contributed by atoms with E-state index < -0.39 is 0 Å². The van der Waals surface area contributed by atoms with Gasteiger partial charge in [-0.05, 0) is 18.9 Å². The van der Waals surface area contributed by atoms with Crippen molar-refractivity contribution in [3.05, 3.63) is 16.1 Å². The number of nitrogens with one attached hydrogen (secondary N) is 2. The zero-order valence-electron chi connectivity index (χ0n) is 12.5. The standard InChI is InChI=1S/C14H23Cl2N3O2/c1-3-5-17-13-11(15)10-12(16)14(19-13)18-6-4-7-21-9-8-20-2/h10H,3-9H2,1-2H3,(H2,17,18,19). The number of aromatic nitrogens is 1. The lowest BCUT2D eigenvalue weighted by Crippen LogP contribution is -2.10. The highest BCUT2D eigenvalue weighted by Gasteiger charge is 2.08. The number of nitrogens with zero attached hydrogens (tertiary/aromatic N) is 1. The first-order valence-electron chi connectivity index (χ1n) is 7.09. The summed E-state index contributed by atoms with van der Waals surface area (Å²) in [6.07, 6.45) is 1.87. The molecule has 0 bridgehead atoms. The van der Waals surface area contributed by atoms with Gasteiger partial charge in [0.25, 0.3) is 0 Å². The maximum atomic E-state index is 6.13. The smallest absolute Gasteiger partial charge is 0.147 e. The molecule has 0 amide bonds. The van der Waals surface area contributed by atoms with Gasteiger partial charge < -0.3 is 20.1 Å². The van der Waals surface area contributed by atoms with E-state index in [0.29, 0.717) is 41.5 Å². The third kappa shape index (κ3) is 7.18. The predicted molar refractivity (Wildman–Crippen MR) is 88.8 cm³/mol. The minimum Gasteiger partial charge on any atom is -0.382 e. The van der Waals surface area contributed by atoms with Gasteiger partial charge in [0.05, 0.1) is 23.3 Å². The number of rotatable bonds is 11. The molecule has 2 N–H and O–H groups in total. The second-order valence-corrected chi connectivity index (χ2v) is 5.28. The summed E-state index contributed by atoms with van der Waals surface area (Å²) in [5, 5.41) is 7.42. The zero-order chi connectivity index (χ0) is 15.5. The van der Waals surface area contributed by atoms with Crippen LogP contribution in [0.15, 0.2) is 6.07 Å². The molecule has 0 unspecified atom stereocenters. The van der Waals surface area contributed by atoms with E-state index in [2.05, 4.69) is 22.5 Å². The van der Waals surface area contributed by atoms with Crippen LogP contribution in [0.5, 0.6) is 0 Å². The molecule has 0 aliphatic heterocycles. The van der Waals surface area contributed by atoms with Crippen LogP contribution in [0, 0.1) is 0 Å². The Balaban J connectivity index is 2.39. The summed E-state index contributed by atoms with van der Waals surface area (Å²) >= 11 is 12.2. The van der Waals surface area contributed by atoms with Gasteiger partial charge in [-0.3, -0.25) is 0 Å². The lowest BCUT2D eigenvalue weighted by Gasteiger charge is -2.12. The van der Waals surface area contributed by atoms with Crippen molar-refractivity contribution in [2.45, 2.75) is 19.8 Å². The molecule has 0 aliphatic carbocycles. The van der Waals surface area contributed by atoms with Gasteiger partial charge in [-0.15, -0.1) is 0 Å². The van der Waals surface area contributed by atoms with Crippen molar-refractivity contribution in [3.8, 4) is 0 Å². The van der Waals surface area contributed by atoms with Crippen LogP contribution in [0.4, 0.5) is 11.6 Å². The lowest BCUT2D eigenvalue weighted by atomic mass is 10.4. The Kier molecular flexibility index (Phi) is 9.50. The van der Waals surface area contributed by atoms with Crippen molar-refractivity contribution in [3.63, 3.8) is 0 Å². The highest BCUT2D eigenvalue weighted by Crippen LogP contribution is 2.29. The van der Waals surface area contributed by atoms with Crippen molar-refractivity contribution in [2.24, 2.45) is 0 Å². The highest BCUT2D eigenvalue weighted by atomic mass is 35.5. The molecular weight excluding hydrogens is 313 g/mol. The van der Waals surface area contributed by atoms with Gasteiger partial charge in [0.15, 0.2) is 0 Å². The van der Waals surface area contributed by atoms with Gasteiger partial charge in [-0.1, -0.05) is 30.1 Å². The molecule has 21 heavy (non-hydrogen) atoms. The summed E-state index contributed by atoms with van der Waals surface area (Å²) in [6, 6.07) is 1.70. The minimum absolute atomic E-state index is 0.516. The number of halogens is 2. The first kappa shape index (κ1) is 18.3. The second kappa shape index (κ2) is 10.9. The number of methoxy groups -OCH3 is 1. The third-order valence-electron chi connectivity index (χ3n) is 2.66. The number of hydrogen-bond donors (Lipinski definition) is 2. The normalized spacial score (nSPS) is 10.7. The van der Waals surface area contributed by atoms with Crippen molar-refractivity contribution in [1.29, 1.82) is 0 Å². The summed E-state index contributed by atoms with van der Waals surface area (Å²) < 4.78 is 10.3. The fraction of sp³-hybridized carbons (Fsp3) is 0.643. The summed E-state index contributed by atoms with van der Waals surface area (Å²) in [6.45, 7) is 5.53. The van der Waals surface area contributed by atoms with E-state index >= 15 is 0 Å². The van der Waals surface area contributed by atoms with E-state index in [1.165, 1.54) is 0 Å². The Morgan fingerprint density at radius 3 is 2.33 bits per heavy atom. The number of hydrogen-bond acceptors (Lipinski definition) is 5. The Hall–Kier alpha value is -0.750. The molecular formula is C14H23Cl2N3O2. The fourth-order valence-corrected chi connectivity index (χ4v) is 2.08. The van der Waals surface area contributed by atoms with Crippen molar-refractivity contribution >= 4 is 34.8 Å². The number of anilines is 2. The van der Waals surface area contributed by atoms with Crippen LogP contribution in [0.25, 0.3) is 0 Å². The van der Waals surface area contributed by atoms with Gasteiger partial charge >= 0.3 is 0 Å². The lowest BCUT2D eigenvalue weighted by molar-refractivity contribution is 0.0705. The molecule has 120 valence electrons. The summed E-state index contributed by atoms with van der Waals surface area (Å²) in [5.41, 5.74) is 0. The molecule has 0 radical (unpaired) electrons. The number of pyridine rings is 1. The Labute approximate surface area is 136 Å². The van der Waals surface area contributed by atoms with Gasteiger partial charge in [0.2, 0.25) is 0 Å². The molecule has 1 aromatic heterocycles. The summed E-state index contributed by atoms with van der Waals surface area (Å²) in [4.78, 5) is 4.41. The van der Waals surface area contributed by atoms with Crippen LogP contribution >= 0.6 is 23.2 Å². The molecule has 7 heteroatoms. The molecule has 1 rings (SSSR count). The van der Waals surface area contributed by atoms with E-state index in [4.69, 9.17) is 32.7 Å². The molecule has 0 spiro atoms. The average molecular weight is 336 g/mol. The molecule has 1 heterocycles. The first-order chi connectivity index (χ1) is 10.2. The summed E-state index contributed by atoms with van der Waals surface area (Å²) in [7, 11) is 1.66. The Bertz CT molecular complexity index is 419. The van der Waals surface area contributed by atoms with Crippen LogP contribution in [0.3, 0.4) is 0 Å². The van der Waals surface area contributed by atoms with Gasteiger partial charge in [-0.2, -0.15) is 0 Å². The molecule has 0 saturated heterocycles. The Morgan fingerprint density at radius 2 is 1.71 bits per heavy atom. The van der Waals surface area contributed by atoms with Crippen LogP contribution in [-0.2, 0) is 9.47 Å². The SMILES string of the molecule is CCCNc1nc(NCCCOCCOC)c(Cl)cc1Cl. The Morgan fingerprint density at radius 1 is 1.05 bits per heavy atom. The molecule has 1 aromatic rings. The monoisotopic (exact) mass is 335 g/mol. The van der Waals surface area contributed by atoms with Crippen molar-refractivity contribution in [1.82, 2.24) is 4.98 Å². The van der Waals surface area contributed by atoms with E-state index in [1.54, 1.807) is 13.2 Å².